The molecule has 0 aliphatic carbocycles. The number of halogens is 3. The first-order valence-corrected chi connectivity index (χ1v) is 6.99. The first-order valence-electron chi connectivity index (χ1n) is 6.99. The van der Waals surface area contributed by atoms with Gasteiger partial charge in [0.15, 0.2) is 17.5 Å². The molecule has 0 saturated carbocycles. The first kappa shape index (κ1) is 15.8. The van der Waals surface area contributed by atoms with E-state index < -0.39 is 22.9 Å². The van der Waals surface area contributed by atoms with Gasteiger partial charge in [-0.1, -0.05) is 13.8 Å². The van der Waals surface area contributed by atoms with Gasteiger partial charge in [-0.05, 0) is 31.8 Å². The normalized spacial score (nSPS) is 19.4. The molecule has 21 heavy (non-hydrogen) atoms. The fourth-order valence-corrected chi connectivity index (χ4v) is 2.57. The van der Waals surface area contributed by atoms with Crippen LogP contribution in [-0.4, -0.2) is 19.0 Å². The van der Waals surface area contributed by atoms with Crippen molar-refractivity contribution >= 4 is 11.6 Å². The molecule has 0 aromatic heterocycles. The fourth-order valence-electron chi connectivity index (χ4n) is 2.57. The van der Waals surface area contributed by atoms with Crippen LogP contribution in [-0.2, 0) is 4.79 Å². The van der Waals surface area contributed by atoms with Gasteiger partial charge in [-0.15, -0.1) is 0 Å². The van der Waals surface area contributed by atoms with Gasteiger partial charge < -0.3 is 10.6 Å². The van der Waals surface area contributed by atoms with Crippen LogP contribution in [0.15, 0.2) is 12.1 Å². The molecule has 1 aliphatic rings. The Morgan fingerprint density at radius 2 is 1.90 bits per heavy atom. The van der Waals surface area contributed by atoms with Crippen LogP contribution >= 0.6 is 0 Å². The van der Waals surface area contributed by atoms with E-state index in [4.69, 9.17) is 0 Å². The molecule has 0 bridgehead atoms. The van der Waals surface area contributed by atoms with Crippen molar-refractivity contribution in [1.29, 1.82) is 0 Å². The molecule has 1 saturated heterocycles. The molecule has 1 amide bonds. The third kappa shape index (κ3) is 3.37. The highest BCUT2D eigenvalue weighted by Gasteiger charge is 2.37. The summed E-state index contributed by atoms with van der Waals surface area (Å²) in [6.07, 6.45) is 1.90. The minimum absolute atomic E-state index is 0.0757. The summed E-state index contributed by atoms with van der Waals surface area (Å²) in [4.78, 5) is 12.4. The number of anilines is 1. The number of amides is 1. The predicted octanol–water partition coefficient (Wildman–Crippen LogP) is 3.07. The van der Waals surface area contributed by atoms with Crippen molar-refractivity contribution in [3.63, 3.8) is 0 Å². The van der Waals surface area contributed by atoms with Gasteiger partial charge in [0.2, 0.25) is 5.91 Å². The maximum atomic E-state index is 13.2. The van der Waals surface area contributed by atoms with E-state index in [9.17, 15) is 18.0 Å². The highest BCUT2D eigenvalue weighted by Crippen LogP contribution is 2.33. The molecule has 116 valence electrons. The van der Waals surface area contributed by atoms with Crippen molar-refractivity contribution in [2.75, 3.05) is 18.4 Å². The molecule has 1 unspecified atom stereocenters. The molecule has 3 nitrogen and oxygen atoms in total. The molecule has 1 aliphatic heterocycles. The smallest absolute Gasteiger partial charge is 0.230 e. The third-order valence-electron chi connectivity index (χ3n) is 4.14. The number of carbonyl (C=O) groups excluding carboxylic acids is 1. The van der Waals surface area contributed by atoms with Gasteiger partial charge in [-0.3, -0.25) is 4.79 Å². The van der Waals surface area contributed by atoms with Crippen molar-refractivity contribution in [2.24, 2.45) is 11.3 Å². The Morgan fingerprint density at radius 3 is 2.43 bits per heavy atom. The van der Waals surface area contributed by atoms with Gasteiger partial charge in [0, 0.05) is 23.2 Å². The average molecular weight is 300 g/mol. The summed E-state index contributed by atoms with van der Waals surface area (Å²) >= 11 is 0. The lowest BCUT2D eigenvalue weighted by Gasteiger charge is -2.36. The number of rotatable bonds is 3. The van der Waals surface area contributed by atoms with Crippen LogP contribution in [0.5, 0.6) is 0 Å². The van der Waals surface area contributed by atoms with Crippen LogP contribution in [0.4, 0.5) is 18.9 Å². The second-order valence-electron chi connectivity index (χ2n) is 5.97. The molecular formula is C15H19F3N2O. The summed E-state index contributed by atoms with van der Waals surface area (Å²) in [5, 5.41) is 5.71. The maximum absolute atomic E-state index is 13.2. The summed E-state index contributed by atoms with van der Waals surface area (Å²) in [6.45, 7) is 5.27. The highest BCUT2D eigenvalue weighted by molar-refractivity contribution is 5.95. The summed E-state index contributed by atoms with van der Waals surface area (Å²) in [5.74, 6) is -4.36. The van der Waals surface area contributed by atoms with E-state index in [1.165, 1.54) is 0 Å². The molecule has 0 spiro atoms. The van der Waals surface area contributed by atoms with Gasteiger partial charge >= 0.3 is 0 Å². The largest absolute Gasteiger partial charge is 0.325 e. The van der Waals surface area contributed by atoms with Gasteiger partial charge in [0.25, 0.3) is 0 Å². The maximum Gasteiger partial charge on any atom is 0.230 e. The van der Waals surface area contributed by atoms with Crippen LogP contribution in [0.2, 0.25) is 0 Å². The number of piperidine rings is 1. The quantitative estimate of drug-likeness (QED) is 0.842. The summed E-state index contributed by atoms with van der Waals surface area (Å²) < 4.78 is 39.2. The monoisotopic (exact) mass is 300 g/mol. The summed E-state index contributed by atoms with van der Waals surface area (Å²) in [6, 6.07) is 1.57. The van der Waals surface area contributed by atoms with Crippen molar-refractivity contribution < 1.29 is 18.0 Å². The standard InChI is InChI=1S/C15H19F3N2O/c1-15(2,9-4-3-5-19-8-9)14(21)20-10-6-11(16)13(18)12(17)7-10/h6-7,9,19H,3-5,8H2,1-2H3,(H,20,21). The van der Waals surface area contributed by atoms with E-state index in [1.54, 1.807) is 13.8 Å². The van der Waals surface area contributed by atoms with Crippen molar-refractivity contribution in [1.82, 2.24) is 5.32 Å². The SMILES string of the molecule is CC(C)(C(=O)Nc1cc(F)c(F)c(F)c1)C1CCCNC1. The van der Waals surface area contributed by atoms with E-state index in [1.807, 2.05) is 0 Å². The Bertz CT molecular complexity index is 517. The molecule has 1 heterocycles. The molecule has 1 atom stereocenters. The van der Waals surface area contributed by atoms with Gasteiger partial charge in [0.05, 0.1) is 0 Å². The lowest BCUT2D eigenvalue weighted by Crippen LogP contribution is -2.44. The summed E-state index contributed by atoms with van der Waals surface area (Å²) in [7, 11) is 0. The van der Waals surface area contributed by atoms with Crippen molar-refractivity contribution in [3.05, 3.63) is 29.6 Å². The molecule has 1 aromatic carbocycles. The van der Waals surface area contributed by atoms with E-state index in [2.05, 4.69) is 10.6 Å². The zero-order chi connectivity index (χ0) is 15.6. The fraction of sp³-hybridized carbons (Fsp3) is 0.533. The number of benzene rings is 1. The minimum Gasteiger partial charge on any atom is -0.325 e. The van der Waals surface area contributed by atoms with Gasteiger partial charge in [0.1, 0.15) is 0 Å². The van der Waals surface area contributed by atoms with E-state index >= 15 is 0 Å². The Morgan fingerprint density at radius 1 is 1.29 bits per heavy atom. The number of hydrogen-bond donors (Lipinski definition) is 2. The average Bonchev–Trinajstić information content (AvgIpc) is 2.45. The van der Waals surface area contributed by atoms with Crippen molar-refractivity contribution in [2.45, 2.75) is 26.7 Å². The van der Waals surface area contributed by atoms with E-state index in [0.717, 1.165) is 38.1 Å². The molecule has 1 fully saturated rings. The van der Waals surface area contributed by atoms with Gasteiger partial charge in [-0.2, -0.15) is 0 Å². The van der Waals surface area contributed by atoms with Gasteiger partial charge in [-0.25, -0.2) is 13.2 Å². The van der Waals surface area contributed by atoms with Crippen LogP contribution in [0.3, 0.4) is 0 Å². The first-order chi connectivity index (χ1) is 9.82. The van der Waals surface area contributed by atoms with Crippen LogP contribution in [0.25, 0.3) is 0 Å². The Hall–Kier alpha value is -1.56. The molecule has 6 heteroatoms. The molecule has 2 rings (SSSR count). The Balaban J connectivity index is 2.13. The second kappa shape index (κ2) is 6.05. The third-order valence-corrected chi connectivity index (χ3v) is 4.14. The number of nitrogens with one attached hydrogen (secondary N) is 2. The van der Waals surface area contributed by atoms with E-state index in [-0.39, 0.29) is 17.5 Å². The zero-order valence-corrected chi connectivity index (χ0v) is 12.1. The Labute approximate surface area is 121 Å². The second-order valence-corrected chi connectivity index (χ2v) is 5.97. The topological polar surface area (TPSA) is 41.1 Å². The minimum atomic E-state index is -1.54. The lowest BCUT2D eigenvalue weighted by atomic mass is 9.74. The molecule has 2 N–H and O–H groups in total. The summed E-state index contributed by atoms with van der Waals surface area (Å²) in [5.41, 5.74) is -0.761. The molecular weight excluding hydrogens is 281 g/mol. The van der Waals surface area contributed by atoms with Crippen LogP contribution < -0.4 is 10.6 Å². The van der Waals surface area contributed by atoms with Crippen LogP contribution in [0, 0.1) is 28.8 Å². The number of hydrogen-bond acceptors (Lipinski definition) is 2. The lowest BCUT2D eigenvalue weighted by molar-refractivity contribution is -0.127. The molecule has 1 aromatic rings. The van der Waals surface area contributed by atoms with Crippen LogP contribution in [0.1, 0.15) is 26.7 Å². The van der Waals surface area contributed by atoms with Crippen molar-refractivity contribution in [3.8, 4) is 0 Å². The Kier molecular flexibility index (Phi) is 4.56. The highest BCUT2D eigenvalue weighted by atomic mass is 19.2. The zero-order valence-electron chi connectivity index (χ0n) is 12.1. The molecule has 0 radical (unpaired) electrons. The number of carbonyl (C=O) groups is 1. The predicted molar refractivity (Wildman–Crippen MR) is 74.3 cm³/mol. The van der Waals surface area contributed by atoms with E-state index in [0.29, 0.717) is 0 Å².